The second kappa shape index (κ2) is 11.2. The number of nitrogens with zero attached hydrogens (tertiary/aromatic N) is 2. The van der Waals surface area contributed by atoms with Crippen LogP contribution in [0.4, 0.5) is 0 Å². The van der Waals surface area contributed by atoms with Crippen molar-refractivity contribution < 1.29 is 24.3 Å². The van der Waals surface area contributed by atoms with Gasteiger partial charge in [-0.2, -0.15) is 0 Å². The molecule has 2 aromatic carbocycles. The minimum atomic E-state index is -0.872. The largest absolute Gasteiger partial charge is 0.508 e. The Morgan fingerprint density at radius 2 is 1.37 bits per heavy atom. The van der Waals surface area contributed by atoms with Crippen molar-refractivity contribution >= 4 is 23.6 Å². The smallest absolute Gasteiger partial charge is 0.246 e. The molecular weight excluding hydrogens is 484 g/mol. The summed E-state index contributed by atoms with van der Waals surface area (Å²) < 4.78 is 0. The van der Waals surface area contributed by atoms with Gasteiger partial charge in [0.1, 0.15) is 23.9 Å². The molecule has 0 unspecified atom stereocenters. The summed E-state index contributed by atoms with van der Waals surface area (Å²) in [6, 6.07) is 13.5. The lowest BCUT2D eigenvalue weighted by atomic mass is 10.0. The molecule has 3 aliphatic rings. The molecule has 9 heteroatoms. The number of carbonyl (C=O) groups is 4. The predicted octanol–water partition coefficient (Wildman–Crippen LogP) is 1.53. The number of rotatable bonds is 4. The van der Waals surface area contributed by atoms with Crippen molar-refractivity contribution in [2.75, 3.05) is 13.1 Å². The molecule has 5 rings (SSSR count). The van der Waals surface area contributed by atoms with Crippen molar-refractivity contribution in [1.82, 2.24) is 20.4 Å². The number of amides is 4. The SMILES string of the molecule is O=C1C[C@H](Cc2ccccc2)NC(=O)[C@@H]2CCCN2C(=O)[C@@H]2CCCN2C(=O)[C@H](Cc2ccc(O)cc2)N1. The van der Waals surface area contributed by atoms with Gasteiger partial charge in [0, 0.05) is 32.0 Å². The average molecular weight is 519 g/mol. The van der Waals surface area contributed by atoms with Crippen LogP contribution < -0.4 is 10.6 Å². The molecule has 0 aromatic heterocycles. The van der Waals surface area contributed by atoms with Gasteiger partial charge >= 0.3 is 0 Å². The topological polar surface area (TPSA) is 119 Å². The van der Waals surface area contributed by atoms with E-state index in [4.69, 9.17) is 0 Å². The van der Waals surface area contributed by atoms with Crippen LogP contribution in [0.3, 0.4) is 0 Å². The van der Waals surface area contributed by atoms with Crippen molar-refractivity contribution in [2.24, 2.45) is 0 Å². The van der Waals surface area contributed by atoms with Gasteiger partial charge in [-0.3, -0.25) is 19.2 Å². The summed E-state index contributed by atoms with van der Waals surface area (Å²) in [6.45, 7) is 0.908. The van der Waals surface area contributed by atoms with E-state index in [0.29, 0.717) is 38.8 Å². The first-order valence-electron chi connectivity index (χ1n) is 13.4. The van der Waals surface area contributed by atoms with Gasteiger partial charge in [-0.25, -0.2) is 0 Å². The molecule has 0 bridgehead atoms. The van der Waals surface area contributed by atoms with E-state index < -0.39 is 24.2 Å². The number of carbonyl (C=O) groups excluding carboxylic acids is 4. The number of fused-ring (bicyclic) bond motifs is 2. The summed E-state index contributed by atoms with van der Waals surface area (Å²) in [4.78, 5) is 57.5. The van der Waals surface area contributed by atoms with Crippen molar-refractivity contribution in [3.05, 3.63) is 65.7 Å². The van der Waals surface area contributed by atoms with Gasteiger partial charge in [0.25, 0.3) is 0 Å². The first-order valence-corrected chi connectivity index (χ1v) is 13.4. The maximum absolute atomic E-state index is 13.8. The fourth-order valence-corrected chi connectivity index (χ4v) is 5.90. The highest BCUT2D eigenvalue weighted by molar-refractivity contribution is 5.95. The van der Waals surface area contributed by atoms with Crippen molar-refractivity contribution in [3.8, 4) is 5.75 Å². The summed E-state index contributed by atoms with van der Waals surface area (Å²) >= 11 is 0. The molecule has 0 spiro atoms. The molecule has 0 saturated carbocycles. The van der Waals surface area contributed by atoms with Crippen molar-refractivity contribution in [3.63, 3.8) is 0 Å². The Morgan fingerprint density at radius 1 is 0.737 bits per heavy atom. The summed E-state index contributed by atoms with van der Waals surface area (Å²) in [5.41, 5.74) is 1.76. The van der Waals surface area contributed by atoms with E-state index in [1.807, 2.05) is 30.3 Å². The summed E-state index contributed by atoms with van der Waals surface area (Å²) in [5.74, 6) is -0.963. The molecule has 9 nitrogen and oxygen atoms in total. The molecule has 200 valence electrons. The van der Waals surface area contributed by atoms with Crippen LogP contribution in [-0.2, 0) is 32.0 Å². The van der Waals surface area contributed by atoms with Crippen LogP contribution in [0.2, 0.25) is 0 Å². The van der Waals surface area contributed by atoms with Crippen LogP contribution in [0.15, 0.2) is 54.6 Å². The minimum absolute atomic E-state index is 0.00405. The predicted molar refractivity (Wildman–Crippen MR) is 140 cm³/mol. The normalized spacial score (nSPS) is 26.5. The number of hydrogen-bond acceptors (Lipinski definition) is 5. The van der Waals surface area contributed by atoms with Gasteiger partial charge in [-0.15, -0.1) is 0 Å². The zero-order chi connectivity index (χ0) is 26.6. The molecule has 4 atom stereocenters. The molecule has 3 fully saturated rings. The van der Waals surface area contributed by atoms with E-state index in [0.717, 1.165) is 17.5 Å². The lowest BCUT2D eigenvalue weighted by molar-refractivity contribution is -0.147. The van der Waals surface area contributed by atoms with Gasteiger partial charge in [0.15, 0.2) is 0 Å². The zero-order valence-corrected chi connectivity index (χ0v) is 21.3. The maximum Gasteiger partial charge on any atom is 0.246 e. The Kier molecular flexibility index (Phi) is 7.62. The molecule has 38 heavy (non-hydrogen) atoms. The number of phenolic OH excluding ortho intramolecular Hbond substituents is 1. The van der Waals surface area contributed by atoms with Crippen molar-refractivity contribution in [2.45, 2.75) is 69.1 Å². The monoisotopic (exact) mass is 518 g/mol. The molecule has 3 N–H and O–H groups in total. The fraction of sp³-hybridized carbons (Fsp3) is 0.448. The van der Waals surface area contributed by atoms with Crippen LogP contribution in [0.25, 0.3) is 0 Å². The maximum atomic E-state index is 13.8. The molecule has 3 heterocycles. The first kappa shape index (κ1) is 25.8. The van der Waals surface area contributed by atoms with E-state index in [2.05, 4.69) is 10.6 Å². The number of hydrogen-bond donors (Lipinski definition) is 3. The average Bonchev–Trinajstić information content (AvgIpc) is 3.59. The number of aromatic hydroxyl groups is 1. The van der Waals surface area contributed by atoms with Crippen LogP contribution in [0, 0.1) is 0 Å². The molecule has 0 aliphatic carbocycles. The Bertz CT molecular complexity index is 1190. The highest BCUT2D eigenvalue weighted by Gasteiger charge is 2.44. The highest BCUT2D eigenvalue weighted by Crippen LogP contribution is 2.27. The van der Waals surface area contributed by atoms with E-state index in [1.54, 1.807) is 34.1 Å². The van der Waals surface area contributed by atoms with E-state index in [-0.39, 0.29) is 42.2 Å². The Morgan fingerprint density at radius 3 is 2.08 bits per heavy atom. The van der Waals surface area contributed by atoms with Crippen LogP contribution >= 0.6 is 0 Å². The summed E-state index contributed by atoms with van der Waals surface area (Å²) in [7, 11) is 0. The number of nitrogens with one attached hydrogen (secondary N) is 2. The molecule has 2 aromatic rings. The summed E-state index contributed by atoms with van der Waals surface area (Å²) in [6.07, 6.45) is 3.18. The Balaban J connectivity index is 1.46. The lowest BCUT2D eigenvalue weighted by Crippen LogP contribution is -2.56. The van der Waals surface area contributed by atoms with Gasteiger partial charge < -0.3 is 25.5 Å². The quantitative estimate of drug-likeness (QED) is 0.567. The van der Waals surface area contributed by atoms with Crippen LogP contribution in [-0.4, -0.2) is 75.8 Å². The number of benzene rings is 2. The second-order valence-corrected chi connectivity index (χ2v) is 10.5. The molecular formula is C29H34N4O5. The lowest BCUT2D eigenvalue weighted by Gasteiger charge is -2.32. The van der Waals surface area contributed by atoms with E-state index >= 15 is 0 Å². The third-order valence-electron chi connectivity index (χ3n) is 7.77. The highest BCUT2D eigenvalue weighted by atomic mass is 16.3. The fourth-order valence-electron chi connectivity index (χ4n) is 5.90. The number of phenols is 1. The van der Waals surface area contributed by atoms with Gasteiger partial charge in [-0.05, 0) is 55.4 Å². The first-order chi connectivity index (χ1) is 18.4. The summed E-state index contributed by atoms with van der Waals surface area (Å²) in [5, 5.41) is 15.6. The van der Waals surface area contributed by atoms with E-state index in [1.165, 1.54) is 0 Å². The molecule has 0 radical (unpaired) electrons. The third-order valence-corrected chi connectivity index (χ3v) is 7.77. The molecule has 3 saturated heterocycles. The standard InChI is InChI=1S/C29H34N4O5/c34-22-12-10-20(11-13-22)17-23-28(37)33-15-5-9-25(33)29(38)32-14-4-8-24(32)27(36)30-21(18-26(35)31-23)16-19-6-2-1-3-7-19/h1-3,6-7,10-13,21,23-25,34H,4-5,8-9,14-18H2,(H,30,36)(H,31,35)/t21-,23-,24-,25-/m0/s1. The van der Waals surface area contributed by atoms with E-state index in [9.17, 15) is 24.3 Å². The second-order valence-electron chi connectivity index (χ2n) is 10.5. The van der Waals surface area contributed by atoms with Gasteiger partial charge in [0.05, 0.1) is 0 Å². The molecule has 3 aliphatic heterocycles. The van der Waals surface area contributed by atoms with Crippen LogP contribution in [0.1, 0.15) is 43.2 Å². The Hall–Kier alpha value is -3.88. The third kappa shape index (κ3) is 5.66. The van der Waals surface area contributed by atoms with Gasteiger partial charge in [-0.1, -0.05) is 42.5 Å². The Labute approximate surface area is 222 Å². The van der Waals surface area contributed by atoms with Gasteiger partial charge in [0.2, 0.25) is 23.6 Å². The zero-order valence-electron chi connectivity index (χ0n) is 21.3. The molecule has 4 amide bonds. The van der Waals surface area contributed by atoms with Crippen molar-refractivity contribution in [1.29, 1.82) is 0 Å². The minimum Gasteiger partial charge on any atom is -0.508 e. The van der Waals surface area contributed by atoms with Crippen LogP contribution in [0.5, 0.6) is 5.75 Å².